The number of hydrogen-bond donors (Lipinski definition) is 0. The molecule has 0 aliphatic rings. The van der Waals surface area contributed by atoms with E-state index in [9.17, 15) is 0 Å². The van der Waals surface area contributed by atoms with Crippen molar-refractivity contribution in [1.82, 2.24) is 0 Å². The molecule has 0 aliphatic heterocycles. The molecule has 0 aromatic heterocycles. The number of hydrogen-bond acceptors (Lipinski definition) is 2. The van der Waals surface area contributed by atoms with Gasteiger partial charge in [0.2, 0.25) is 0 Å². The minimum absolute atomic E-state index is 0.0125. The minimum Gasteiger partial charge on any atom is -0.407 e. The van der Waals surface area contributed by atoms with Gasteiger partial charge in [-0.3, -0.25) is 0 Å². The van der Waals surface area contributed by atoms with Crippen molar-refractivity contribution in [1.29, 1.82) is 0 Å². The summed E-state index contributed by atoms with van der Waals surface area (Å²) in [5.41, 5.74) is 1.15. The first kappa shape index (κ1) is 26.0. The van der Waals surface area contributed by atoms with Gasteiger partial charge in [-0.2, -0.15) is 0 Å². The summed E-state index contributed by atoms with van der Waals surface area (Å²) in [5, 5.41) is 2.51. The van der Waals surface area contributed by atoms with Crippen molar-refractivity contribution < 1.29 is 9.16 Å². The second kappa shape index (κ2) is 11.7. The molecule has 178 valence electrons. The first-order valence-electron chi connectivity index (χ1n) is 12.2. The molecule has 0 saturated heterocycles. The van der Waals surface area contributed by atoms with Crippen LogP contribution in [0.15, 0.2) is 91.0 Å². The normalized spacial score (nSPS) is 14.7. The van der Waals surface area contributed by atoms with Crippen molar-refractivity contribution in [3.63, 3.8) is 0 Å². The fourth-order valence-electron chi connectivity index (χ4n) is 4.78. The highest BCUT2D eigenvalue weighted by Crippen LogP contribution is 2.37. The number of terminal acetylenes is 1. The van der Waals surface area contributed by atoms with Gasteiger partial charge in [0, 0.05) is 18.4 Å². The number of ether oxygens (including phenoxy) is 1. The Hall–Kier alpha value is -2.64. The molecule has 0 amide bonds. The smallest absolute Gasteiger partial charge is 0.261 e. The fraction of sp³-hybridized carbons (Fsp3) is 0.355. The zero-order valence-electron chi connectivity index (χ0n) is 21.2. The molecule has 0 aliphatic carbocycles. The summed E-state index contributed by atoms with van der Waals surface area (Å²) in [6, 6.07) is 31.8. The highest BCUT2D eigenvalue weighted by Gasteiger charge is 2.50. The van der Waals surface area contributed by atoms with Crippen molar-refractivity contribution in [2.45, 2.75) is 52.4 Å². The Morgan fingerprint density at radius 2 is 1.26 bits per heavy atom. The van der Waals surface area contributed by atoms with E-state index in [0.29, 0.717) is 13.2 Å². The van der Waals surface area contributed by atoms with Crippen LogP contribution in [0.2, 0.25) is 5.04 Å². The molecule has 2 nitrogen and oxygen atoms in total. The lowest BCUT2D eigenvalue weighted by Gasteiger charge is -2.44. The maximum Gasteiger partial charge on any atom is 0.261 e. The lowest BCUT2D eigenvalue weighted by molar-refractivity contribution is -0.0268. The summed E-state index contributed by atoms with van der Waals surface area (Å²) in [7, 11) is -2.60. The summed E-state index contributed by atoms with van der Waals surface area (Å²) in [4.78, 5) is 0. The van der Waals surface area contributed by atoms with Gasteiger partial charge in [-0.25, -0.2) is 0 Å². The van der Waals surface area contributed by atoms with Gasteiger partial charge in [-0.15, -0.1) is 12.3 Å². The van der Waals surface area contributed by atoms with E-state index in [1.807, 2.05) is 18.2 Å². The second-order valence-corrected chi connectivity index (χ2v) is 14.5. The quantitative estimate of drug-likeness (QED) is 0.265. The summed E-state index contributed by atoms with van der Waals surface area (Å²) >= 11 is 0. The monoisotopic (exact) mass is 470 g/mol. The van der Waals surface area contributed by atoms with Gasteiger partial charge in [0.25, 0.3) is 8.32 Å². The van der Waals surface area contributed by atoms with Crippen molar-refractivity contribution in [2.24, 2.45) is 11.8 Å². The Bertz CT molecular complexity index is 996. The molecule has 34 heavy (non-hydrogen) atoms. The predicted molar refractivity (Wildman–Crippen MR) is 146 cm³/mol. The van der Waals surface area contributed by atoms with Gasteiger partial charge in [0.15, 0.2) is 0 Å². The molecule has 0 N–H and O–H groups in total. The number of benzene rings is 3. The topological polar surface area (TPSA) is 18.5 Å². The second-order valence-electron chi connectivity index (χ2n) is 10.2. The Kier molecular flexibility index (Phi) is 8.91. The predicted octanol–water partition coefficient (Wildman–Crippen LogP) is 6.05. The molecular formula is C31H38O2Si. The SMILES string of the molecule is C#C[C@H](C)[C@H](OCc1ccccc1)[C@H](C)CO[Si](c1ccccc1)(c1ccccc1)C(C)(C)C. The zero-order chi connectivity index (χ0) is 24.6. The summed E-state index contributed by atoms with van der Waals surface area (Å²) < 4.78 is 13.5. The van der Waals surface area contributed by atoms with E-state index in [1.165, 1.54) is 10.4 Å². The molecule has 3 atom stereocenters. The third kappa shape index (κ3) is 5.88. The van der Waals surface area contributed by atoms with Crippen LogP contribution in [0.5, 0.6) is 0 Å². The van der Waals surface area contributed by atoms with Crippen LogP contribution >= 0.6 is 0 Å². The van der Waals surface area contributed by atoms with Gasteiger partial charge in [0.1, 0.15) is 0 Å². The van der Waals surface area contributed by atoms with Crippen LogP contribution in [-0.2, 0) is 15.8 Å². The standard InChI is InChI=1S/C31H38O2Si/c1-7-25(2)30(32-24-27-17-11-8-12-18-27)26(3)23-33-34(31(4,5)6,28-19-13-9-14-20-28)29-21-15-10-16-22-29/h1,8-22,25-26,30H,23-24H2,2-6H3/t25-,26+,30-/m0/s1. The molecule has 0 bridgehead atoms. The van der Waals surface area contributed by atoms with Gasteiger partial charge >= 0.3 is 0 Å². The maximum absolute atomic E-state index is 7.15. The zero-order valence-corrected chi connectivity index (χ0v) is 22.2. The third-order valence-electron chi connectivity index (χ3n) is 6.58. The molecule has 3 aromatic carbocycles. The molecule has 0 fully saturated rings. The van der Waals surface area contributed by atoms with Gasteiger partial charge in [-0.05, 0) is 27.9 Å². The molecule has 0 saturated carbocycles. The van der Waals surface area contributed by atoms with Crippen LogP contribution in [0.25, 0.3) is 0 Å². The van der Waals surface area contributed by atoms with E-state index < -0.39 is 8.32 Å². The number of rotatable bonds is 10. The first-order valence-corrected chi connectivity index (χ1v) is 14.1. The summed E-state index contributed by atoms with van der Waals surface area (Å²) in [6.07, 6.45) is 5.76. The van der Waals surface area contributed by atoms with Crippen molar-refractivity contribution in [3.05, 3.63) is 96.6 Å². The molecule has 3 aromatic rings. The van der Waals surface area contributed by atoms with E-state index >= 15 is 0 Å². The van der Waals surface area contributed by atoms with Gasteiger partial charge in [-0.1, -0.05) is 119 Å². The Morgan fingerprint density at radius 3 is 1.71 bits per heavy atom. The van der Waals surface area contributed by atoms with E-state index in [4.69, 9.17) is 15.6 Å². The van der Waals surface area contributed by atoms with E-state index in [2.05, 4.69) is 113 Å². The molecule has 0 spiro atoms. The molecule has 0 heterocycles. The summed E-state index contributed by atoms with van der Waals surface area (Å²) in [5.74, 6) is 3.03. The Morgan fingerprint density at radius 1 is 0.794 bits per heavy atom. The van der Waals surface area contributed by atoms with Crippen LogP contribution in [0.4, 0.5) is 0 Å². The first-order chi connectivity index (χ1) is 16.3. The maximum atomic E-state index is 7.15. The van der Waals surface area contributed by atoms with E-state index in [0.717, 1.165) is 5.56 Å². The molecule has 0 radical (unpaired) electrons. The molecule has 3 heteroatoms. The molecule has 0 unspecified atom stereocenters. The van der Waals surface area contributed by atoms with Crippen molar-refractivity contribution in [2.75, 3.05) is 6.61 Å². The van der Waals surface area contributed by atoms with E-state index in [1.54, 1.807) is 0 Å². The summed E-state index contributed by atoms with van der Waals surface area (Å²) in [6.45, 7) is 12.3. The fourth-order valence-corrected chi connectivity index (χ4v) is 9.44. The van der Waals surface area contributed by atoms with Crippen LogP contribution in [-0.4, -0.2) is 21.0 Å². The van der Waals surface area contributed by atoms with E-state index in [-0.39, 0.29) is 23.0 Å². The van der Waals surface area contributed by atoms with Crippen molar-refractivity contribution >= 4 is 18.7 Å². The Labute approximate surface area is 207 Å². The highest BCUT2D eigenvalue weighted by atomic mass is 28.4. The third-order valence-corrected chi connectivity index (χ3v) is 11.6. The molecule has 3 rings (SSSR count). The average Bonchev–Trinajstić information content (AvgIpc) is 2.85. The van der Waals surface area contributed by atoms with Gasteiger partial charge < -0.3 is 9.16 Å². The van der Waals surface area contributed by atoms with Crippen LogP contribution in [0, 0.1) is 24.2 Å². The lowest BCUT2D eigenvalue weighted by atomic mass is 9.94. The highest BCUT2D eigenvalue weighted by molar-refractivity contribution is 6.99. The van der Waals surface area contributed by atoms with Crippen LogP contribution in [0.1, 0.15) is 40.2 Å². The lowest BCUT2D eigenvalue weighted by Crippen LogP contribution is -2.67. The minimum atomic E-state index is -2.60. The average molecular weight is 471 g/mol. The molecular weight excluding hydrogens is 432 g/mol. The van der Waals surface area contributed by atoms with Crippen LogP contribution in [0.3, 0.4) is 0 Å². The van der Waals surface area contributed by atoms with Crippen molar-refractivity contribution in [3.8, 4) is 12.3 Å². The van der Waals surface area contributed by atoms with Crippen LogP contribution < -0.4 is 10.4 Å². The largest absolute Gasteiger partial charge is 0.407 e. The Balaban J connectivity index is 1.90. The van der Waals surface area contributed by atoms with Gasteiger partial charge in [0.05, 0.1) is 12.7 Å².